The van der Waals surface area contributed by atoms with Crippen molar-refractivity contribution in [1.82, 2.24) is 0 Å². The summed E-state index contributed by atoms with van der Waals surface area (Å²) in [4.78, 5) is 11.7. The van der Waals surface area contributed by atoms with Gasteiger partial charge in [0.1, 0.15) is 5.78 Å². The van der Waals surface area contributed by atoms with Gasteiger partial charge in [0, 0.05) is 6.42 Å². The van der Waals surface area contributed by atoms with E-state index in [-0.39, 0.29) is 23.3 Å². The molecule has 0 aliphatic heterocycles. The van der Waals surface area contributed by atoms with Crippen molar-refractivity contribution < 1.29 is 9.22 Å². The molecular formula is C16H29NO2Si. The van der Waals surface area contributed by atoms with Crippen LogP contribution in [0.2, 0.25) is 18.1 Å². The van der Waals surface area contributed by atoms with E-state index in [1.165, 1.54) is 0 Å². The third kappa shape index (κ3) is 7.02. The number of nitrogens with zero attached hydrogens (tertiary/aromatic N) is 1. The maximum absolute atomic E-state index is 11.7. The minimum absolute atomic E-state index is 0.0190. The zero-order chi connectivity index (χ0) is 15.8. The van der Waals surface area contributed by atoms with Crippen LogP contribution in [0.5, 0.6) is 0 Å². The molecule has 0 rings (SSSR count). The molecule has 0 aromatic rings. The average molecular weight is 295 g/mol. The molecule has 0 aliphatic carbocycles. The Bertz CT molecular complexity index is 375. The fraction of sp³-hybridized carbons (Fsp3) is 0.750. The Morgan fingerprint density at radius 3 is 2.40 bits per heavy atom. The van der Waals surface area contributed by atoms with Gasteiger partial charge in [-0.25, -0.2) is 0 Å². The van der Waals surface area contributed by atoms with E-state index >= 15 is 0 Å². The summed E-state index contributed by atoms with van der Waals surface area (Å²) >= 11 is 0. The number of hydrogen-bond acceptors (Lipinski definition) is 3. The van der Waals surface area contributed by atoms with E-state index in [4.69, 9.17) is 9.69 Å². The van der Waals surface area contributed by atoms with Crippen molar-refractivity contribution in [2.24, 2.45) is 0 Å². The normalized spacial score (nSPS) is 14.2. The zero-order valence-electron chi connectivity index (χ0n) is 13.8. The Balaban J connectivity index is 4.81. The van der Waals surface area contributed by atoms with E-state index in [9.17, 15) is 4.79 Å². The van der Waals surface area contributed by atoms with Crippen LogP contribution in [-0.4, -0.2) is 20.2 Å². The quantitative estimate of drug-likeness (QED) is 0.485. The summed E-state index contributed by atoms with van der Waals surface area (Å²) in [7, 11) is -1.89. The van der Waals surface area contributed by atoms with Gasteiger partial charge < -0.3 is 4.43 Å². The van der Waals surface area contributed by atoms with E-state index in [2.05, 4.69) is 52.9 Å². The van der Waals surface area contributed by atoms with Crippen molar-refractivity contribution in [3.63, 3.8) is 0 Å². The Hall–Kier alpha value is -0.923. The Kier molecular flexibility index (Phi) is 8.00. The summed E-state index contributed by atoms with van der Waals surface area (Å²) in [6.07, 6.45) is 6.13. The molecule has 0 N–H and O–H groups in total. The summed E-state index contributed by atoms with van der Waals surface area (Å²) in [5.74, 6) is -0.0268. The second kappa shape index (κ2) is 8.38. The number of carbonyl (C=O) groups is 1. The minimum atomic E-state index is -1.89. The Morgan fingerprint density at radius 2 is 1.95 bits per heavy atom. The summed E-state index contributed by atoms with van der Waals surface area (Å²) in [6.45, 7) is 13.0. The highest BCUT2D eigenvalue weighted by Gasteiger charge is 2.39. The Morgan fingerprint density at radius 1 is 1.35 bits per heavy atom. The highest BCUT2D eigenvalue weighted by Crippen LogP contribution is 2.38. The van der Waals surface area contributed by atoms with Crippen molar-refractivity contribution in [1.29, 1.82) is 5.26 Å². The molecule has 0 aromatic carbocycles. The van der Waals surface area contributed by atoms with Crippen molar-refractivity contribution >= 4 is 14.1 Å². The molecule has 0 amide bonds. The maximum Gasteiger partial charge on any atom is 0.192 e. The summed E-state index contributed by atoms with van der Waals surface area (Å²) in [6, 6.07) is 1.92. The number of hydrogen-bond donors (Lipinski definition) is 0. The summed E-state index contributed by atoms with van der Waals surface area (Å²) < 4.78 is 6.32. The molecule has 3 nitrogen and oxygen atoms in total. The van der Waals surface area contributed by atoms with E-state index < -0.39 is 8.32 Å². The van der Waals surface area contributed by atoms with E-state index in [1.807, 2.05) is 6.07 Å². The second-order valence-corrected chi connectivity index (χ2v) is 11.4. The third-order valence-electron chi connectivity index (χ3n) is 3.80. The fourth-order valence-corrected chi connectivity index (χ4v) is 2.96. The third-order valence-corrected chi connectivity index (χ3v) is 8.34. The molecular weight excluding hydrogens is 266 g/mol. The lowest BCUT2D eigenvalue weighted by molar-refractivity contribution is -0.119. The van der Waals surface area contributed by atoms with Gasteiger partial charge in [0.15, 0.2) is 8.32 Å². The van der Waals surface area contributed by atoms with Gasteiger partial charge in [-0.05, 0) is 31.0 Å². The number of ketones is 1. The van der Waals surface area contributed by atoms with Crippen LogP contribution >= 0.6 is 0 Å². The lowest BCUT2D eigenvalue weighted by Crippen LogP contribution is -2.44. The highest BCUT2D eigenvalue weighted by molar-refractivity contribution is 6.74. The SMILES string of the molecule is CC/C=C/CC(CC(=O)CC#N)O[Si](C)(C)C(C)(C)C. The molecule has 0 spiro atoms. The van der Waals surface area contributed by atoms with Gasteiger partial charge in [0.25, 0.3) is 0 Å². The van der Waals surface area contributed by atoms with Crippen molar-refractivity contribution in [2.75, 3.05) is 0 Å². The molecule has 0 aliphatic rings. The van der Waals surface area contributed by atoms with Crippen molar-refractivity contribution in [2.45, 2.75) is 77.6 Å². The zero-order valence-corrected chi connectivity index (χ0v) is 14.8. The predicted octanol–water partition coefficient (Wildman–Crippen LogP) is 4.61. The van der Waals surface area contributed by atoms with Gasteiger partial charge in [-0.3, -0.25) is 4.79 Å². The van der Waals surface area contributed by atoms with Crippen LogP contribution in [0.3, 0.4) is 0 Å². The fourth-order valence-electron chi connectivity index (χ4n) is 1.60. The highest BCUT2D eigenvalue weighted by atomic mass is 28.4. The molecule has 0 aromatic heterocycles. The molecule has 1 unspecified atom stereocenters. The molecule has 4 heteroatoms. The van der Waals surface area contributed by atoms with Crippen molar-refractivity contribution in [3.05, 3.63) is 12.2 Å². The van der Waals surface area contributed by atoms with Crippen LogP contribution < -0.4 is 0 Å². The number of Topliss-reactive ketones (excluding diaryl/α,β-unsaturated/α-hetero) is 1. The van der Waals surface area contributed by atoms with Crippen LogP contribution in [-0.2, 0) is 9.22 Å². The smallest absolute Gasteiger partial charge is 0.192 e. The van der Waals surface area contributed by atoms with Gasteiger partial charge in [0.05, 0.1) is 18.6 Å². The first-order valence-corrected chi connectivity index (χ1v) is 10.3. The lowest BCUT2D eigenvalue weighted by atomic mass is 10.1. The van der Waals surface area contributed by atoms with E-state index in [0.29, 0.717) is 6.42 Å². The van der Waals surface area contributed by atoms with Gasteiger partial charge >= 0.3 is 0 Å². The maximum atomic E-state index is 11.7. The molecule has 20 heavy (non-hydrogen) atoms. The second-order valence-electron chi connectivity index (χ2n) is 6.69. The number of rotatable bonds is 8. The van der Waals surface area contributed by atoms with Crippen LogP contribution in [0.15, 0.2) is 12.2 Å². The van der Waals surface area contributed by atoms with Crippen LogP contribution in [0, 0.1) is 11.3 Å². The first-order chi connectivity index (χ1) is 9.14. The van der Waals surface area contributed by atoms with E-state index in [0.717, 1.165) is 12.8 Å². The number of allylic oxidation sites excluding steroid dienone is 1. The molecule has 0 fully saturated rings. The van der Waals surface area contributed by atoms with Crippen LogP contribution in [0.25, 0.3) is 0 Å². The van der Waals surface area contributed by atoms with Gasteiger partial charge in [0.2, 0.25) is 0 Å². The molecule has 0 radical (unpaired) electrons. The monoisotopic (exact) mass is 295 g/mol. The minimum Gasteiger partial charge on any atom is -0.413 e. The first kappa shape index (κ1) is 19.1. The lowest BCUT2D eigenvalue weighted by Gasteiger charge is -2.39. The molecule has 0 saturated carbocycles. The van der Waals surface area contributed by atoms with E-state index in [1.54, 1.807) is 0 Å². The largest absolute Gasteiger partial charge is 0.413 e. The van der Waals surface area contributed by atoms with Gasteiger partial charge in [-0.1, -0.05) is 39.8 Å². The predicted molar refractivity (Wildman–Crippen MR) is 86.0 cm³/mol. The average Bonchev–Trinajstić information content (AvgIpc) is 2.27. The number of nitriles is 1. The Labute approximate surface area is 125 Å². The summed E-state index contributed by atoms with van der Waals surface area (Å²) in [5, 5.41) is 8.73. The van der Waals surface area contributed by atoms with Crippen LogP contribution in [0.1, 0.15) is 53.4 Å². The van der Waals surface area contributed by atoms with Gasteiger partial charge in [-0.15, -0.1) is 0 Å². The van der Waals surface area contributed by atoms with Gasteiger partial charge in [-0.2, -0.15) is 5.26 Å². The topological polar surface area (TPSA) is 50.1 Å². The standard InChI is InChI=1S/C16H29NO2Si/c1-7-8-9-10-15(13-14(18)11-12-17)19-20(5,6)16(2,3)4/h8-9,15H,7,10-11,13H2,1-6H3/b9-8+. The molecule has 1 atom stereocenters. The van der Waals surface area contributed by atoms with Crippen LogP contribution in [0.4, 0.5) is 0 Å². The molecule has 114 valence electrons. The van der Waals surface area contributed by atoms with Crippen molar-refractivity contribution in [3.8, 4) is 6.07 Å². The molecule has 0 heterocycles. The first-order valence-electron chi connectivity index (χ1n) is 7.35. The molecule has 0 saturated heterocycles. The molecule has 0 bridgehead atoms. The summed E-state index contributed by atoms with van der Waals surface area (Å²) in [5.41, 5.74) is 0. The number of carbonyl (C=O) groups excluding carboxylic acids is 1.